The summed E-state index contributed by atoms with van der Waals surface area (Å²) in [5.74, 6) is 0.325. The van der Waals surface area contributed by atoms with E-state index in [1.807, 2.05) is 0 Å². The first-order valence-electron chi connectivity index (χ1n) is 6.45. The van der Waals surface area contributed by atoms with Gasteiger partial charge in [0.15, 0.2) is 0 Å². The van der Waals surface area contributed by atoms with E-state index in [0.717, 1.165) is 51.6 Å². The lowest BCUT2D eigenvalue weighted by molar-refractivity contribution is -0.127. The molecule has 4 heteroatoms. The Morgan fingerprint density at radius 3 is 2.56 bits per heavy atom. The van der Waals surface area contributed by atoms with Gasteiger partial charge in [0.25, 0.3) is 0 Å². The summed E-state index contributed by atoms with van der Waals surface area (Å²) in [5.41, 5.74) is 0. The molecule has 1 heterocycles. The summed E-state index contributed by atoms with van der Waals surface area (Å²) in [6.45, 7) is 1.98. The quantitative estimate of drug-likeness (QED) is 0.639. The van der Waals surface area contributed by atoms with Gasteiger partial charge in [-0.15, -0.1) is 0 Å². The Balaban J connectivity index is 1.74. The molecule has 1 aliphatic carbocycles. The first-order valence-corrected chi connectivity index (χ1v) is 6.45. The molecule has 92 valence electrons. The van der Waals surface area contributed by atoms with Crippen LogP contribution in [0.4, 0.5) is 0 Å². The maximum absolute atomic E-state index is 12.0. The number of piperidine rings is 1. The predicted octanol–water partition coefficient (Wildman–Crippen LogP) is 0.406. The number of amides is 1. The van der Waals surface area contributed by atoms with Crippen molar-refractivity contribution in [3.8, 4) is 0 Å². The second kappa shape index (κ2) is 5.64. The third-order valence-electron chi connectivity index (χ3n) is 3.71. The third-order valence-corrected chi connectivity index (χ3v) is 3.71. The van der Waals surface area contributed by atoms with Crippen LogP contribution in [0, 0.1) is 5.92 Å². The van der Waals surface area contributed by atoms with Crippen LogP contribution in [-0.2, 0) is 4.79 Å². The van der Waals surface area contributed by atoms with Crippen LogP contribution in [-0.4, -0.2) is 36.2 Å². The minimum absolute atomic E-state index is 0.130. The number of rotatable bonds is 2. The first-order chi connectivity index (χ1) is 7.75. The summed E-state index contributed by atoms with van der Waals surface area (Å²) in [6.07, 6.45) is 5.30. The first kappa shape index (κ1) is 11.9. The molecule has 16 heavy (non-hydrogen) atoms. The van der Waals surface area contributed by atoms with Crippen LogP contribution in [0.15, 0.2) is 0 Å². The van der Waals surface area contributed by atoms with Crippen LogP contribution in [0.25, 0.3) is 0 Å². The zero-order chi connectivity index (χ0) is 11.4. The highest BCUT2D eigenvalue weighted by Crippen LogP contribution is 2.24. The van der Waals surface area contributed by atoms with E-state index >= 15 is 0 Å². The van der Waals surface area contributed by atoms with Gasteiger partial charge < -0.3 is 15.7 Å². The highest BCUT2D eigenvalue weighted by atomic mass is 16.3. The molecular formula is C12H22N2O2. The van der Waals surface area contributed by atoms with Gasteiger partial charge in [-0.1, -0.05) is 0 Å². The summed E-state index contributed by atoms with van der Waals surface area (Å²) in [5, 5.41) is 15.8. The average molecular weight is 226 g/mol. The van der Waals surface area contributed by atoms with E-state index in [0.29, 0.717) is 6.04 Å². The lowest BCUT2D eigenvalue weighted by Gasteiger charge is -2.29. The molecule has 0 aromatic carbocycles. The van der Waals surface area contributed by atoms with E-state index in [4.69, 9.17) is 0 Å². The summed E-state index contributed by atoms with van der Waals surface area (Å²) >= 11 is 0. The fourth-order valence-electron chi connectivity index (χ4n) is 2.63. The van der Waals surface area contributed by atoms with Crippen molar-refractivity contribution < 1.29 is 9.90 Å². The minimum Gasteiger partial charge on any atom is -0.393 e. The number of hydrogen-bond acceptors (Lipinski definition) is 3. The normalized spacial score (nSPS) is 35.7. The van der Waals surface area contributed by atoms with Gasteiger partial charge in [0.2, 0.25) is 5.91 Å². The van der Waals surface area contributed by atoms with Crippen molar-refractivity contribution in [1.29, 1.82) is 0 Å². The lowest BCUT2D eigenvalue weighted by Crippen LogP contribution is -2.48. The lowest BCUT2D eigenvalue weighted by atomic mass is 9.86. The second-order valence-corrected chi connectivity index (χ2v) is 5.06. The van der Waals surface area contributed by atoms with Gasteiger partial charge in [-0.3, -0.25) is 4.79 Å². The molecule has 3 N–H and O–H groups in total. The maximum Gasteiger partial charge on any atom is 0.223 e. The fraction of sp³-hybridized carbons (Fsp3) is 0.917. The largest absolute Gasteiger partial charge is 0.393 e. The van der Waals surface area contributed by atoms with E-state index < -0.39 is 0 Å². The van der Waals surface area contributed by atoms with Gasteiger partial charge in [0, 0.05) is 18.5 Å². The molecule has 0 aromatic rings. The number of nitrogens with one attached hydrogen (secondary N) is 2. The Morgan fingerprint density at radius 2 is 1.94 bits per heavy atom. The SMILES string of the molecule is O=C(NC1CCCNC1)C1CCC(O)CC1. The molecule has 1 saturated heterocycles. The number of aliphatic hydroxyl groups is 1. The Bertz CT molecular complexity index is 231. The summed E-state index contributed by atoms with van der Waals surface area (Å²) in [4.78, 5) is 12.0. The van der Waals surface area contributed by atoms with Crippen LogP contribution in [0.5, 0.6) is 0 Å². The van der Waals surface area contributed by atoms with Crippen molar-refractivity contribution in [2.24, 2.45) is 5.92 Å². The zero-order valence-corrected chi connectivity index (χ0v) is 9.74. The molecule has 4 nitrogen and oxygen atoms in total. The van der Waals surface area contributed by atoms with E-state index in [-0.39, 0.29) is 17.9 Å². The molecule has 0 bridgehead atoms. The van der Waals surface area contributed by atoms with Crippen molar-refractivity contribution in [2.75, 3.05) is 13.1 Å². The smallest absolute Gasteiger partial charge is 0.223 e. The van der Waals surface area contributed by atoms with Crippen LogP contribution in [0.2, 0.25) is 0 Å². The Hall–Kier alpha value is -0.610. The van der Waals surface area contributed by atoms with Gasteiger partial charge in [-0.2, -0.15) is 0 Å². The monoisotopic (exact) mass is 226 g/mol. The van der Waals surface area contributed by atoms with Crippen molar-refractivity contribution >= 4 is 5.91 Å². The second-order valence-electron chi connectivity index (χ2n) is 5.06. The van der Waals surface area contributed by atoms with E-state index in [2.05, 4.69) is 10.6 Å². The number of carbonyl (C=O) groups is 1. The molecule has 1 atom stereocenters. The van der Waals surface area contributed by atoms with Gasteiger partial charge in [0.05, 0.1) is 6.10 Å². The van der Waals surface area contributed by atoms with Crippen molar-refractivity contribution in [3.63, 3.8) is 0 Å². The fourth-order valence-corrected chi connectivity index (χ4v) is 2.63. The van der Waals surface area contributed by atoms with Crippen molar-refractivity contribution in [3.05, 3.63) is 0 Å². The zero-order valence-electron chi connectivity index (χ0n) is 9.74. The van der Waals surface area contributed by atoms with E-state index in [1.165, 1.54) is 0 Å². The summed E-state index contributed by atoms with van der Waals surface area (Å²) < 4.78 is 0. The van der Waals surface area contributed by atoms with Gasteiger partial charge in [-0.05, 0) is 45.1 Å². The molecule has 0 radical (unpaired) electrons. The van der Waals surface area contributed by atoms with E-state index in [9.17, 15) is 9.90 Å². The van der Waals surface area contributed by atoms with Crippen molar-refractivity contribution in [2.45, 2.75) is 50.7 Å². The molecule has 0 spiro atoms. The van der Waals surface area contributed by atoms with Crippen LogP contribution in [0.1, 0.15) is 38.5 Å². The van der Waals surface area contributed by atoms with E-state index in [1.54, 1.807) is 0 Å². The summed E-state index contributed by atoms with van der Waals surface area (Å²) in [6, 6.07) is 0.313. The molecule has 1 unspecified atom stereocenters. The topological polar surface area (TPSA) is 61.4 Å². The average Bonchev–Trinajstić information content (AvgIpc) is 2.31. The van der Waals surface area contributed by atoms with Crippen LogP contribution < -0.4 is 10.6 Å². The number of carbonyl (C=O) groups excluding carboxylic acids is 1. The number of hydrogen-bond donors (Lipinski definition) is 3. The third kappa shape index (κ3) is 3.19. The highest BCUT2D eigenvalue weighted by Gasteiger charge is 2.26. The molecule has 2 aliphatic rings. The van der Waals surface area contributed by atoms with Crippen LogP contribution >= 0.6 is 0 Å². The maximum atomic E-state index is 12.0. The molecule has 1 amide bonds. The Morgan fingerprint density at radius 1 is 1.19 bits per heavy atom. The van der Waals surface area contributed by atoms with Gasteiger partial charge in [0.1, 0.15) is 0 Å². The molecule has 1 saturated carbocycles. The minimum atomic E-state index is -0.180. The Kier molecular flexibility index (Phi) is 4.18. The molecule has 0 aromatic heterocycles. The molecule has 2 fully saturated rings. The predicted molar refractivity (Wildman–Crippen MR) is 62.0 cm³/mol. The van der Waals surface area contributed by atoms with Gasteiger partial charge >= 0.3 is 0 Å². The molecule has 1 aliphatic heterocycles. The molecule has 2 rings (SSSR count). The van der Waals surface area contributed by atoms with Crippen LogP contribution in [0.3, 0.4) is 0 Å². The standard InChI is InChI=1S/C12H22N2O2/c15-11-5-3-9(4-6-11)12(16)14-10-2-1-7-13-8-10/h9-11,13,15H,1-8H2,(H,14,16). The van der Waals surface area contributed by atoms with Gasteiger partial charge in [-0.25, -0.2) is 0 Å². The molecular weight excluding hydrogens is 204 g/mol. The highest BCUT2D eigenvalue weighted by molar-refractivity contribution is 5.79. The van der Waals surface area contributed by atoms with Crippen molar-refractivity contribution in [1.82, 2.24) is 10.6 Å². The Labute approximate surface area is 96.8 Å². The summed E-state index contributed by atoms with van der Waals surface area (Å²) in [7, 11) is 0. The number of aliphatic hydroxyl groups excluding tert-OH is 1.